The Kier molecular flexibility index (Phi) is 6.62. The highest BCUT2D eigenvalue weighted by molar-refractivity contribution is 9.10. The van der Waals surface area contributed by atoms with Gasteiger partial charge in [-0.3, -0.25) is 4.79 Å². The first kappa shape index (κ1) is 17.5. The van der Waals surface area contributed by atoms with Gasteiger partial charge in [-0.25, -0.2) is 0 Å². The number of carbonyl (C=O) groups is 1. The van der Waals surface area contributed by atoms with Crippen LogP contribution in [0.3, 0.4) is 0 Å². The zero-order valence-electron chi connectivity index (χ0n) is 13.3. The average molecular weight is 377 g/mol. The first-order valence-electron chi connectivity index (χ1n) is 7.61. The third kappa shape index (κ3) is 5.08. The number of nitrogens with one attached hydrogen (secondary N) is 2. The summed E-state index contributed by atoms with van der Waals surface area (Å²) in [6, 6.07) is 15.5. The van der Waals surface area contributed by atoms with E-state index in [9.17, 15) is 4.79 Å². The van der Waals surface area contributed by atoms with Gasteiger partial charge in [0.1, 0.15) is 5.75 Å². The predicted octanol–water partition coefficient (Wildman–Crippen LogP) is 4.14. The number of amides is 1. The fourth-order valence-electron chi connectivity index (χ4n) is 2.23. The number of para-hydroxylation sites is 2. The Labute approximate surface area is 145 Å². The van der Waals surface area contributed by atoms with Gasteiger partial charge in [-0.2, -0.15) is 0 Å². The molecule has 4 nitrogen and oxygen atoms in total. The Bertz CT molecular complexity index is 661. The molecular weight excluding hydrogens is 356 g/mol. The van der Waals surface area contributed by atoms with Crippen LogP contribution in [0.25, 0.3) is 0 Å². The maximum absolute atomic E-state index is 12.1. The van der Waals surface area contributed by atoms with Crippen LogP contribution < -0.4 is 15.4 Å². The van der Waals surface area contributed by atoms with Crippen molar-refractivity contribution >= 4 is 27.5 Å². The number of rotatable bonds is 7. The van der Waals surface area contributed by atoms with Gasteiger partial charge in [-0.15, -0.1) is 0 Å². The lowest BCUT2D eigenvalue weighted by atomic mass is 10.1. The molecule has 122 valence electrons. The van der Waals surface area contributed by atoms with Crippen molar-refractivity contribution in [1.29, 1.82) is 0 Å². The highest BCUT2D eigenvalue weighted by Gasteiger charge is 2.11. The molecule has 2 aromatic carbocycles. The SMILES string of the molecule is CCOc1ccccc1NC(=O)CN[C@H](C)c1ccccc1Br. The summed E-state index contributed by atoms with van der Waals surface area (Å²) in [6.45, 7) is 4.73. The maximum atomic E-state index is 12.1. The molecule has 0 spiro atoms. The topological polar surface area (TPSA) is 50.4 Å². The molecule has 5 heteroatoms. The molecule has 2 rings (SSSR count). The second-order valence-corrected chi connectivity index (χ2v) is 5.96. The van der Waals surface area contributed by atoms with Gasteiger partial charge in [0.05, 0.1) is 18.8 Å². The minimum absolute atomic E-state index is 0.0680. The Hall–Kier alpha value is -1.85. The van der Waals surface area contributed by atoms with Crippen molar-refractivity contribution in [1.82, 2.24) is 5.32 Å². The molecule has 0 unspecified atom stereocenters. The van der Waals surface area contributed by atoms with E-state index in [1.807, 2.05) is 62.4 Å². The van der Waals surface area contributed by atoms with Crippen molar-refractivity contribution in [3.05, 3.63) is 58.6 Å². The van der Waals surface area contributed by atoms with Crippen LogP contribution in [0.5, 0.6) is 5.75 Å². The van der Waals surface area contributed by atoms with Crippen LogP contribution in [0.15, 0.2) is 53.0 Å². The molecule has 0 bridgehead atoms. The number of ether oxygens (including phenoxy) is 1. The van der Waals surface area contributed by atoms with Crippen molar-refractivity contribution in [2.75, 3.05) is 18.5 Å². The molecule has 2 N–H and O–H groups in total. The van der Waals surface area contributed by atoms with Crippen molar-refractivity contribution in [3.8, 4) is 5.75 Å². The monoisotopic (exact) mass is 376 g/mol. The molecule has 0 radical (unpaired) electrons. The van der Waals surface area contributed by atoms with E-state index in [2.05, 4.69) is 26.6 Å². The van der Waals surface area contributed by atoms with Gasteiger partial charge in [-0.05, 0) is 37.6 Å². The highest BCUT2D eigenvalue weighted by Crippen LogP contribution is 2.24. The summed E-state index contributed by atoms with van der Waals surface area (Å²) in [4.78, 5) is 12.1. The zero-order chi connectivity index (χ0) is 16.7. The molecule has 0 saturated carbocycles. The minimum atomic E-state index is -0.101. The van der Waals surface area contributed by atoms with Gasteiger partial charge in [0.15, 0.2) is 0 Å². The molecule has 1 atom stereocenters. The molecular formula is C18H21BrN2O2. The molecule has 0 aromatic heterocycles. The number of anilines is 1. The van der Waals surface area contributed by atoms with E-state index in [4.69, 9.17) is 4.74 Å². The van der Waals surface area contributed by atoms with Gasteiger partial charge in [0.25, 0.3) is 0 Å². The number of halogens is 1. The first-order valence-corrected chi connectivity index (χ1v) is 8.40. The Morgan fingerprint density at radius 3 is 2.61 bits per heavy atom. The van der Waals surface area contributed by atoms with E-state index in [0.717, 1.165) is 10.0 Å². The molecule has 0 saturated heterocycles. The lowest BCUT2D eigenvalue weighted by molar-refractivity contribution is -0.115. The summed E-state index contributed by atoms with van der Waals surface area (Å²) < 4.78 is 6.54. The van der Waals surface area contributed by atoms with Crippen LogP contribution in [0.4, 0.5) is 5.69 Å². The van der Waals surface area contributed by atoms with Gasteiger partial charge in [0, 0.05) is 10.5 Å². The fourth-order valence-corrected chi connectivity index (χ4v) is 2.86. The zero-order valence-corrected chi connectivity index (χ0v) is 14.9. The molecule has 2 aromatic rings. The summed E-state index contributed by atoms with van der Waals surface area (Å²) in [5, 5.41) is 6.11. The summed E-state index contributed by atoms with van der Waals surface area (Å²) >= 11 is 3.53. The van der Waals surface area contributed by atoms with E-state index in [1.54, 1.807) is 0 Å². The van der Waals surface area contributed by atoms with Gasteiger partial charge >= 0.3 is 0 Å². The summed E-state index contributed by atoms with van der Waals surface area (Å²) in [5.74, 6) is 0.582. The Morgan fingerprint density at radius 2 is 1.87 bits per heavy atom. The van der Waals surface area contributed by atoms with Gasteiger partial charge < -0.3 is 15.4 Å². The van der Waals surface area contributed by atoms with Crippen LogP contribution in [-0.4, -0.2) is 19.1 Å². The number of benzene rings is 2. The summed E-state index contributed by atoms with van der Waals surface area (Å²) in [5.41, 5.74) is 1.81. The largest absolute Gasteiger partial charge is 0.492 e. The lowest BCUT2D eigenvalue weighted by Crippen LogP contribution is -2.30. The molecule has 1 amide bonds. The Morgan fingerprint density at radius 1 is 1.17 bits per heavy atom. The third-order valence-corrected chi connectivity index (χ3v) is 4.12. The van der Waals surface area contributed by atoms with Crippen LogP contribution in [-0.2, 0) is 4.79 Å². The second-order valence-electron chi connectivity index (χ2n) is 5.10. The average Bonchev–Trinajstić information content (AvgIpc) is 2.55. The number of carbonyl (C=O) groups excluding carboxylic acids is 1. The minimum Gasteiger partial charge on any atom is -0.492 e. The number of hydrogen-bond donors (Lipinski definition) is 2. The molecule has 0 aliphatic carbocycles. The van der Waals surface area contributed by atoms with Crippen LogP contribution in [0, 0.1) is 0 Å². The van der Waals surface area contributed by atoms with Crippen molar-refractivity contribution in [3.63, 3.8) is 0 Å². The summed E-state index contributed by atoms with van der Waals surface area (Å²) in [7, 11) is 0. The Balaban J connectivity index is 1.92. The van der Waals surface area contributed by atoms with E-state index < -0.39 is 0 Å². The van der Waals surface area contributed by atoms with E-state index in [-0.39, 0.29) is 18.5 Å². The normalized spacial score (nSPS) is 11.8. The van der Waals surface area contributed by atoms with E-state index >= 15 is 0 Å². The van der Waals surface area contributed by atoms with Crippen LogP contribution in [0.1, 0.15) is 25.5 Å². The molecule has 0 fully saturated rings. The quantitative estimate of drug-likeness (QED) is 0.763. The molecule has 0 heterocycles. The standard InChI is InChI=1S/C18H21BrN2O2/c1-3-23-17-11-7-6-10-16(17)21-18(22)12-20-13(2)14-8-4-5-9-15(14)19/h4-11,13,20H,3,12H2,1-2H3,(H,21,22)/t13-/m1/s1. The third-order valence-electron chi connectivity index (χ3n) is 3.40. The first-order chi connectivity index (χ1) is 11.1. The molecule has 23 heavy (non-hydrogen) atoms. The van der Waals surface area contributed by atoms with Crippen molar-refractivity contribution < 1.29 is 9.53 Å². The second kappa shape index (κ2) is 8.70. The van der Waals surface area contributed by atoms with E-state index in [1.165, 1.54) is 0 Å². The van der Waals surface area contributed by atoms with Crippen molar-refractivity contribution in [2.45, 2.75) is 19.9 Å². The van der Waals surface area contributed by atoms with Gasteiger partial charge in [0.2, 0.25) is 5.91 Å². The molecule has 0 aliphatic heterocycles. The van der Waals surface area contributed by atoms with Crippen LogP contribution in [0.2, 0.25) is 0 Å². The van der Waals surface area contributed by atoms with Crippen molar-refractivity contribution in [2.24, 2.45) is 0 Å². The lowest BCUT2D eigenvalue weighted by Gasteiger charge is -2.16. The maximum Gasteiger partial charge on any atom is 0.238 e. The summed E-state index contributed by atoms with van der Waals surface area (Å²) in [6.07, 6.45) is 0. The van der Waals surface area contributed by atoms with Gasteiger partial charge in [-0.1, -0.05) is 46.3 Å². The van der Waals surface area contributed by atoms with E-state index in [0.29, 0.717) is 18.0 Å². The molecule has 0 aliphatic rings. The number of hydrogen-bond acceptors (Lipinski definition) is 3. The fraction of sp³-hybridized carbons (Fsp3) is 0.278. The highest BCUT2D eigenvalue weighted by atomic mass is 79.9. The smallest absolute Gasteiger partial charge is 0.238 e. The van der Waals surface area contributed by atoms with Crippen LogP contribution >= 0.6 is 15.9 Å². The predicted molar refractivity (Wildman–Crippen MR) is 96.8 cm³/mol.